The van der Waals surface area contributed by atoms with Crippen LogP contribution in [0, 0.1) is 11.8 Å². The Kier molecular flexibility index (Phi) is 5.12. The first-order valence-electron chi connectivity index (χ1n) is 5.55. The highest BCUT2D eigenvalue weighted by Crippen LogP contribution is 2.35. The van der Waals surface area contributed by atoms with Crippen LogP contribution in [0.5, 0.6) is 0 Å². The lowest BCUT2D eigenvalue weighted by molar-refractivity contribution is 0.148. The van der Waals surface area contributed by atoms with E-state index in [-0.39, 0.29) is 5.56 Å². The highest BCUT2D eigenvalue weighted by atomic mass is 35.5. The van der Waals surface area contributed by atoms with Gasteiger partial charge < -0.3 is 4.74 Å². The van der Waals surface area contributed by atoms with Crippen LogP contribution in [0.4, 0.5) is 0 Å². The predicted octanol–water partition coefficient (Wildman–Crippen LogP) is 3.80. The summed E-state index contributed by atoms with van der Waals surface area (Å²) in [6, 6.07) is 0. The van der Waals surface area contributed by atoms with Gasteiger partial charge in [0.05, 0.1) is 6.61 Å². The van der Waals surface area contributed by atoms with E-state index >= 15 is 0 Å². The Hall–Kier alpha value is 0.250. The van der Waals surface area contributed by atoms with Crippen LogP contribution in [-0.2, 0) is 4.74 Å². The molecule has 0 amide bonds. The fourth-order valence-corrected chi connectivity index (χ4v) is 2.50. The average molecular weight is 205 g/mol. The lowest BCUT2D eigenvalue weighted by Gasteiger charge is -2.17. The molecule has 1 heterocycles. The Morgan fingerprint density at radius 1 is 1.31 bits per heavy atom. The predicted molar refractivity (Wildman–Crippen MR) is 57.0 cm³/mol. The van der Waals surface area contributed by atoms with Crippen LogP contribution in [0.1, 0.15) is 46.0 Å². The maximum absolute atomic E-state index is 6.11. The quantitative estimate of drug-likeness (QED) is 0.489. The smallest absolute Gasteiger partial charge is 0.134 e. The molecule has 0 bridgehead atoms. The lowest BCUT2D eigenvalue weighted by atomic mass is 9.89. The molecule has 2 heteroatoms. The molecule has 0 N–H and O–H groups in total. The van der Waals surface area contributed by atoms with Gasteiger partial charge in [-0.15, -0.1) is 0 Å². The first-order chi connectivity index (χ1) is 6.29. The van der Waals surface area contributed by atoms with Gasteiger partial charge in [0.25, 0.3) is 0 Å². The number of hydrogen-bond donors (Lipinski definition) is 0. The van der Waals surface area contributed by atoms with Crippen molar-refractivity contribution in [3.05, 3.63) is 0 Å². The molecule has 78 valence electrons. The summed E-state index contributed by atoms with van der Waals surface area (Å²) in [5.74, 6) is 1.32. The van der Waals surface area contributed by atoms with Gasteiger partial charge in [0.15, 0.2) is 0 Å². The zero-order chi connectivity index (χ0) is 9.68. The molecule has 0 saturated carbocycles. The van der Waals surface area contributed by atoms with Gasteiger partial charge >= 0.3 is 0 Å². The first-order valence-corrected chi connectivity index (χ1v) is 5.98. The zero-order valence-electron chi connectivity index (χ0n) is 8.76. The van der Waals surface area contributed by atoms with E-state index in [4.69, 9.17) is 16.3 Å². The molecule has 0 aromatic heterocycles. The van der Waals surface area contributed by atoms with Crippen molar-refractivity contribution in [1.82, 2.24) is 0 Å². The standard InChI is InChI=1S/C11H21ClO/c1-3-5-6-7-10-9(4-2)8-13-11(10)12/h9-11H,3-8H2,1-2H3. The average Bonchev–Trinajstić information content (AvgIpc) is 2.48. The summed E-state index contributed by atoms with van der Waals surface area (Å²) in [5.41, 5.74) is -0.0122. The van der Waals surface area contributed by atoms with Crippen LogP contribution < -0.4 is 0 Å². The Balaban J connectivity index is 2.27. The molecule has 0 aliphatic carbocycles. The van der Waals surface area contributed by atoms with Crippen molar-refractivity contribution in [2.75, 3.05) is 6.61 Å². The summed E-state index contributed by atoms with van der Waals surface area (Å²) in [6.07, 6.45) is 6.39. The molecule has 3 atom stereocenters. The van der Waals surface area contributed by atoms with Crippen molar-refractivity contribution in [2.24, 2.45) is 11.8 Å². The third-order valence-corrected chi connectivity index (χ3v) is 3.53. The topological polar surface area (TPSA) is 9.23 Å². The van der Waals surface area contributed by atoms with Gasteiger partial charge in [0.1, 0.15) is 5.56 Å². The Morgan fingerprint density at radius 3 is 2.69 bits per heavy atom. The number of ether oxygens (including phenoxy) is 1. The summed E-state index contributed by atoms with van der Waals surface area (Å²) in [6.45, 7) is 5.35. The Bertz CT molecular complexity index is 138. The van der Waals surface area contributed by atoms with Gasteiger partial charge in [-0.1, -0.05) is 51.1 Å². The second-order valence-corrected chi connectivity index (χ2v) is 4.44. The van der Waals surface area contributed by atoms with Crippen LogP contribution in [-0.4, -0.2) is 12.2 Å². The van der Waals surface area contributed by atoms with E-state index in [1.807, 2.05) is 0 Å². The number of halogens is 1. The van der Waals surface area contributed by atoms with Gasteiger partial charge in [-0.2, -0.15) is 0 Å². The highest BCUT2D eigenvalue weighted by Gasteiger charge is 2.33. The SMILES string of the molecule is CCCCCC1C(CC)COC1Cl. The van der Waals surface area contributed by atoms with Crippen LogP contribution in [0.3, 0.4) is 0 Å². The Labute approximate surface area is 86.8 Å². The van der Waals surface area contributed by atoms with Crippen molar-refractivity contribution < 1.29 is 4.74 Å². The fourth-order valence-electron chi connectivity index (χ4n) is 2.09. The second-order valence-electron chi connectivity index (χ2n) is 4.01. The zero-order valence-corrected chi connectivity index (χ0v) is 9.52. The van der Waals surface area contributed by atoms with Crippen LogP contribution in [0.25, 0.3) is 0 Å². The molecule has 1 nitrogen and oxygen atoms in total. The van der Waals surface area contributed by atoms with Gasteiger partial charge in [-0.3, -0.25) is 0 Å². The largest absolute Gasteiger partial charge is 0.362 e. The van der Waals surface area contributed by atoms with E-state index in [2.05, 4.69) is 13.8 Å². The first kappa shape index (κ1) is 11.3. The molecule has 13 heavy (non-hydrogen) atoms. The van der Waals surface area contributed by atoms with Crippen molar-refractivity contribution in [1.29, 1.82) is 0 Å². The van der Waals surface area contributed by atoms with Gasteiger partial charge in [-0.25, -0.2) is 0 Å². The van der Waals surface area contributed by atoms with Crippen molar-refractivity contribution in [3.8, 4) is 0 Å². The fraction of sp³-hybridized carbons (Fsp3) is 1.00. The maximum Gasteiger partial charge on any atom is 0.134 e. The van der Waals surface area contributed by atoms with Gasteiger partial charge in [0, 0.05) is 5.92 Å². The molecule has 0 aromatic carbocycles. The molecule has 3 unspecified atom stereocenters. The molecule has 1 saturated heterocycles. The number of alkyl halides is 1. The summed E-state index contributed by atoms with van der Waals surface area (Å²) in [5, 5.41) is 0. The van der Waals surface area contributed by atoms with Crippen molar-refractivity contribution >= 4 is 11.6 Å². The van der Waals surface area contributed by atoms with E-state index in [9.17, 15) is 0 Å². The van der Waals surface area contributed by atoms with E-state index < -0.39 is 0 Å². The minimum atomic E-state index is -0.0122. The molecule has 0 aromatic rings. The summed E-state index contributed by atoms with van der Waals surface area (Å²) >= 11 is 6.11. The summed E-state index contributed by atoms with van der Waals surface area (Å²) in [4.78, 5) is 0. The monoisotopic (exact) mass is 204 g/mol. The molecule has 1 rings (SSSR count). The molecule has 1 fully saturated rings. The van der Waals surface area contributed by atoms with Crippen molar-refractivity contribution in [3.63, 3.8) is 0 Å². The molecular formula is C11H21ClO. The second kappa shape index (κ2) is 5.87. The lowest BCUT2D eigenvalue weighted by Crippen LogP contribution is -2.15. The van der Waals surface area contributed by atoms with Gasteiger partial charge in [0.2, 0.25) is 0 Å². The third-order valence-electron chi connectivity index (χ3n) is 3.08. The van der Waals surface area contributed by atoms with E-state index in [0.717, 1.165) is 6.61 Å². The minimum Gasteiger partial charge on any atom is -0.362 e. The number of unbranched alkanes of at least 4 members (excludes halogenated alkanes) is 2. The van der Waals surface area contributed by atoms with E-state index in [1.54, 1.807) is 0 Å². The Morgan fingerprint density at radius 2 is 2.08 bits per heavy atom. The normalized spacial score (nSPS) is 33.9. The summed E-state index contributed by atoms with van der Waals surface area (Å²) in [7, 11) is 0. The molecule has 0 spiro atoms. The molecular weight excluding hydrogens is 184 g/mol. The molecule has 0 radical (unpaired) electrons. The third kappa shape index (κ3) is 3.14. The van der Waals surface area contributed by atoms with Gasteiger partial charge in [-0.05, 0) is 12.3 Å². The van der Waals surface area contributed by atoms with Crippen molar-refractivity contribution in [2.45, 2.75) is 51.5 Å². The number of rotatable bonds is 5. The summed E-state index contributed by atoms with van der Waals surface area (Å²) < 4.78 is 5.47. The molecule has 1 aliphatic heterocycles. The van der Waals surface area contributed by atoms with Crippen LogP contribution in [0.15, 0.2) is 0 Å². The van der Waals surface area contributed by atoms with Crippen LogP contribution in [0.2, 0.25) is 0 Å². The molecule has 1 aliphatic rings. The minimum absolute atomic E-state index is 0.0122. The van der Waals surface area contributed by atoms with E-state index in [0.29, 0.717) is 11.8 Å². The maximum atomic E-state index is 6.11. The number of hydrogen-bond acceptors (Lipinski definition) is 1. The van der Waals surface area contributed by atoms with Crippen LogP contribution >= 0.6 is 11.6 Å². The van der Waals surface area contributed by atoms with E-state index in [1.165, 1.54) is 32.1 Å². The highest BCUT2D eigenvalue weighted by molar-refractivity contribution is 6.20.